The van der Waals surface area contributed by atoms with E-state index in [2.05, 4.69) is 15.4 Å². The van der Waals surface area contributed by atoms with Crippen molar-refractivity contribution >= 4 is 17.3 Å². The van der Waals surface area contributed by atoms with E-state index in [4.69, 9.17) is 16.3 Å². The summed E-state index contributed by atoms with van der Waals surface area (Å²) in [7, 11) is 0. The van der Waals surface area contributed by atoms with E-state index in [-0.39, 0.29) is 16.9 Å². The van der Waals surface area contributed by atoms with Gasteiger partial charge in [-0.1, -0.05) is 41.9 Å². The van der Waals surface area contributed by atoms with E-state index in [1.54, 1.807) is 0 Å². The van der Waals surface area contributed by atoms with Crippen LogP contribution in [0.3, 0.4) is 0 Å². The second-order valence-electron chi connectivity index (χ2n) is 6.70. The molecular weight excluding hydrogens is 433 g/mol. The molecule has 3 rings (SSSR count). The Hall–Kier alpha value is -2.91. The van der Waals surface area contributed by atoms with Crippen molar-refractivity contribution in [1.82, 2.24) is 14.8 Å². The molecule has 1 unspecified atom stereocenters. The number of anilines is 1. The van der Waals surface area contributed by atoms with Crippen LogP contribution in [-0.2, 0) is 10.9 Å². The molecule has 1 atom stereocenters. The molecule has 0 bridgehead atoms. The highest BCUT2D eigenvalue weighted by atomic mass is 35.5. The lowest BCUT2D eigenvalue weighted by Gasteiger charge is -2.14. The lowest BCUT2D eigenvalue weighted by molar-refractivity contribution is -0.137. The first-order valence-electron chi connectivity index (χ1n) is 9.49. The topological polar surface area (TPSA) is 69.0 Å². The average molecular weight is 453 g/mol. The summed E-state index contributed by atoms with van der Waals surface area (Å²) in [5.74, 6) is -0.0604. The first-order chi connectivity index (χ1) is 14.8. The molecule has 31 heavy (non-hydrogen) atoms. The minimum absolute atomic E-state index is 0.0355. The summed E-state index contributed by atoms with van der Waals surface area (Å²) in [4.78, 5) is 16.1. The summed E-state index contributed by atoms with van der Waals surface area (Å²) in [6.45, 7) is 2.96. The van der Waals surface area contributed by atoms with Gasteiger partial charge in [0.05, 0.1) is 23.6 Å². The molecule has 0 aliphatic rings. The number of halogens is 4. The Labute approximate surface area is 181 Å². The first kappa shape index (κ1) is 22.8. The number of nitrogens with one attached hydrogen (secondary N) is 1. The van der Waals surface area contributed by atoms with Crippen molar-refractivity contribution in [2.24, 2.45) is 0 Å². The normalized spacial score (nSPS) is 12.5. The number of rotatable bonds is 8. The van der Waals surface area contributed by atoms with Crippen LogP contribution < -0.4 is 10.9 Å². The molecule has 1 aromatic carbocycles. The number of benzene rings is 1. The van der Waals surface area contributed by atoms with Gasteiger partial charge < -0.3 is 10.1 Å². The molecule has 3 aromatic rings. The maximum Gasteiger partial charge on any atom is 0.417 e. The fourth-order valence-corrected chi connectivity index (χ4v) is 2.97. The summed E-state index contributed by atoms with van der Waals surface area (Å²) in [5.41, 5.74) is -0.195. The van der Waals surface area contributed by atoms with Gasteiger partial charge in [0.1, 0.15) is 5.02 Å². The highest BCUT2D eigenvalue weighted by Crippen LogP contribution is 2.28. The predicted molar refractivity (Wildman–Crippen MR) is 112 cm³/mol. The van der Waals surface area contributed by atoms with Crippen LogP contribution in [0.2, 0.25) is 5.02 Å². The summed E-state index contributed by atoms with van der Waals surface area (Å²) >= 11 is 6.12. The van der Waals surface area contributed by atoms with Gasteiger partial charge in [-0.15, -0.1) is 0 Å². The van der Waals surface area contributed by atoms with E-state index in [1.165, 1.54) is 6.20 Å². The van der Waals surface area contributed by atoms with Gasteiger partial charge in [0.15, 0.2) is 5.82 Å². The second kappa shape index (κ2) is 9.93. The van der Waals surface area contributed by atoms with Crippen molar-refractivity contribution in [2.45, 2.75) is 25.6 Å². The molecule has 0 radical (unpaired) electrons. The van der Waals surface area contributed by atoms with Crippen LogP contribution in [0.25, 0.3) is 5.82 Å². The SMILES string of the molecule is CC(OCCCNc1cnn(-c2ccc(C(F)(F)F)cn2)c(=O)c1Cl)c1ccccc1. The molecule has 0 aliphatic carbocycles. The maximum atomic E-state index is 12.7. The molecule has 0 spiro atoms. The highest BCUT2D eigenvalue weighted by molar-refractivity contribution is 6.32. The van der Waals surface area contributed by atoms with E-state index < -0.39 is 17.3 Å². The third kappa shape index (κ3) is 5.83. The van der Waals surface area contributed by atoms with Crippen LogP contribution in [0.5, 0.6) is 0 Å². The zero-order chi connectivity index (χ0) is 22.4. The predicted octanol–water partition coefficient (Wildman–Crippen LogP) is 4.88. The molecule has 0 fully saturated rings. The van der Waals surface area contributed by atoms with Gasteiger partial charge in [-0.3, -0.25) is 4.79 Å². The lowest BCUT2D eigenvalue weighted by atomic mass is 10.1. The monoisotopic (exact) mass is 452 g/mol. The second-order valence-corrected chi connectivity index (χ2v) is 7.07. The van der Waals surface area contributed by atoms with Crippen LogP contribution in [0.1, 0.15) is 30.6 Å². The zero-order valence-electron chi connectivity index (χ0n) is 16.6. The van der Waals surface area contributed by atoms with Gasteiger partial charge >= 0.3 is 6.18 Å². The molecule has 0 amide bonds. The Kier molecular flexibility index (Phi) is 7.29. The van der Waals surface area contributed by atoms with E-state index in [1.807, 2.05) is 37.3 Å². The fraction of sp³-hybridized carbons (Fsp3) is 0.286. The van der Waals surface area contributed by atoms with E-state index >= 15 is 0 Å². The third-order valence-electron chi connectivity index (χ3n) is 4.48. The number of nitrogens with zero attached hydrogens (tertiary/aromatic N) is 3. The van der Waals surface area contributed by atoms with E-state index in [0.717, 1.165) is 22.4 Å². The van der Waals surface area contributed by atoms with Crippen LogP contribution in [-0.4, -0.2) is 27.9 Å². The number of pyridine rings is 1. The summed E-state index contributed by atoms with van der Waals surface area (Å²) in [6, 6.07) is 11.7. The van der Waals surface area contributed by atoms with E-state index in [9.17, 15) is 18.0 Å². The van der Waals surface area contributed by atoms with Crippen molar-refractivity contribution in [3.8, 4) is 5.82 Å². The van der Waals surface area contributed by atoms with E-state index in [0.29, 0.717) is 31.5 Å². The van der Waals surface area contributed by atoms with Crippen molar-refractivity contribution in [2.75, 3.05) is 18.5 Å². The lowest BCUT2D eigenvalue weighted by Crippen LogP contribution is -2.24. The van der Waals surface area contributed by atoms with Gasteiger partial charge in [0, 0.05) is 19.3 Å². The van der Waals surface area contributed by atoms with Crippen LogP contribution in [0.4, 0.5) is 18.9 Å². The molecule has 0 saturated carbocycles. The Morgan fingerprint density at radius 1 is 1.16 bits per heavy atom. The maximum absolute atomic E-state index is 12.7. The molecule has 164 valence electrons. The molecule has 1 N–H and O–H groups in total. The Morgan fingerprint density at radius 3 is 2.55 bits per heavy atom. The molecule has 6 nitrogen and oxygen atoms in total. The van der Waals surface area contributed by atoms with Crippen molar-refractivity contribution in [1.29, 1.82) is 0 Å². The smallest absolute Gasteiger partial charge is 0.382 e. The van der Waals surface area contributed by atoms with Gasteiger partial charge in [-0.2, -0.15) is 23.0 Å². The number of hydrogen-bond donors (Lipinski definition) is 1. The largest absolute Gasteiger partial charge is 0.417 e. The Balaban J connectivity index is 1.56. The van der Waals surface area contributed by atoms with Gasteiger partial charge in [0.2, 0.25) is 0 Å². The van der Waals surface area contributed by atoms with Crippen molar-refractivity contribution < 1.29 is 17.9 Å². The van der Waals surface area contributed by atoms with Crippen LogP contribution >= 0.6 is 11.6 Å². The van der Waals surface area contributed by atoms with Gasteiger partial charge in [0.25, 0.3) is 5.56 Å². The third-order valence-corrected chi connectivity index (χ3v) is 4.85. The molecule has 0 saturated heterocycles. The zero-order valence-corrected chi connectivity index (χ0v) is 17.3. The molecule has 2 heterocycles. The minimum Gasteiger partial charge on any atom is -0.382 e. The number of aromatic nitrogens is 3. The number of alkyl halides is 3. The molecule has 10 heteroatoms. The Bertz CT molecular complexity index is 1060. The average Bonchev–Trinajstić information content (AvgIpc) is 2.76. The quantitative estimate of drug-likeness (QED) is 0.493. The summed E-state index contributed by atoms with van der Waals surface area (Å²) < 4.78 is 44.6. The molecular formula is C21H20ClF3N4O2. The molecule has 0 aliphatic heterocycles. The fourth-order valence-electron chi connectivity index (χ4n) is 2.77. The highest BCUT2D eigenvalue weighted by Gasteiger charge is 2.30. The van der Waals surface area contributed by atoms with Gasteiger partial charge in [-0.25, -0.2) is 4.98 Å². The Morgan fingerprint density at radius 2 is 1.90 bits per heavy atom. The standard InChI is InChI=1S/C21H20ClF3N4O2/c1-14(15-6-3-2-4-7-15)31-11-5-10-26-17-13-28-29(20(30)19(17)22)18-9-8-16(12-27-18)21(23,24)25/h2-4,6-9,12-14,26H,5,10-11H2,1H3. The van der Waals surface area contributed by atoms with Crippen molar-refractivity contribution in [3.63, 3.8) is 0 Å². The van der Waals surface area contributed by atoms with Crippen LogP contribution in [0, 0.1) is 0 Å². The van der Waals surface area contributed by atoms with Crippen molar-refractivity contribution in [3.05, 3.63) is 81.4 Å². The summed E-state index contributed by atoms with van der Waals surface area (Å²) in [6.07, 6.45) is -1.92. The van der Waals surface area contributed by atoms with Crippen LogP contribution in [0.15, 0.2) is 59.7 Å². The molecule has 2 aromatic heterocycles. The first-order valence-corrected chi connectivity index (χ1v) is 9.87. The number of ether oxygens (including phenoxy) is 1. The summed E-state index contributed by atoms with van der Waals surface area (Å²) in [5, 5.41) is 6.84. The van der Waals surface area contributed by atoms with Gasteiger partial charge in [-0.05, 0) is 31.0 Å². The minimum atomic E-state index is -4.52. The number of hydrogen-bond acceptors (Lipinski definition) is 5.